The van der Waals surface area contributed by atoms with Crippen LogP contribution in [0.3, 0.4) is 0 Å². The second kappa shape index (κ2) is 16.0. The first kappa shape index (κ1) is 34.6. The molecule has 3 rings (SSSR count). The average Bonchev–Trinajstić information content (AvgIpc) is 2.81. The molecule has 5 nitrogen and oxygen atoms in total. The van der Waals surface area contributed by atoms with Gasteiger partial charge in [-0.2, -0.15) is 0 Å². The van der Waals surface area contributed by atoms with Crippen molar-refractivity contribution in [1.29, 1.82) is 0 Å². The number of aldehydes is 1. The summed E-state index contributed by atoms with van der Waals surface area (Å²) in [7, 11) is -2.63. The molecule has 0 unspecified atom stereocenters. The third-order valence-corrected chi connectivity index (χ3v) is 12.0. The highest BCUT2D eigenvalue weighted by molar-refractivity contribution is 9.10. The van der Waals surface area contributed by atoms with Gasteiger partial charge in [0.2, 0.25) is 0 Å². The second-order valence-electron chi connectivity index (χ2n) is 11.2. The van der Waals surface area contributed by atoms with Gasteiger partial charge in [0.1, 0.15) is 11.5 Å². The van der Waals surface area contributed by atoms with E-state index in [0.29, 0.717) is 30.6 Å². The zero-order valence-electron chi connectivity index (χ0n) is 24.0. The van der Waals surface area contributed by atoms with Crippen LogP contribution in [0.15, 0.2) is 50.8 Å². The van der Waals surface area contributed by atoms with Crippen molar-refractivity contribution >= 4 is 59.7 Å². The van der Waals surface area contributed by atoms with E-state index in [4.69, 9.17) is 14.2 Å². The fraction of sp³-hybridized carbons (Fsp3) is 0.483. The highest BCUT2D eigenvalue weighted by Gasteiger charge is 2.37. The summed E-state index contributed by atoms with van der Waals surface area (Å²) in [6.45, 7) is 18.5. The Morgan fingerprint density at radius 2 is 1.71 bits per heavy atom. The molecule has 0 radical (unpaired) electrons. The summed E-state index contributed by atoms with van der Waals surface area (Å²) in [4.78, 5) is 10.2. The summed E-state index contributed by atoms with van der Waals surface area (Å²) < 4.78 is 13.5. The highest BCUT2D eigenvalue weighted by Crippen LogP contribution is 2.37. The maximum absolute atomic E-state index is 10.2. The minimum atomic E-state index is -1.75. The predicted molar refractivity (Wildman–Crippen MR) is 169 cm³/mol. The number of fused-ring (bicyclic) bond motifs is 1. The van der Waals surface area contributed by atoms with Gasteiger partial charge in [-0.05, 0) is 72.3 Å². The van der Waals surface area contributed by atoms with E-state index in [2.05, 4.69) is 86.5 Å². The summed E-state index contributed by atoms with van der Waals surface area (Å²) >= 11 is 6.63. The Bertz CT molecular complexity index is 1070. The van der Waals surface area contributed by atoms with Crippen LogP contribution < -0.4 is 4.65 Å². The molecular formula is C29H43BBr2O5Si. The van der Waals surface area contributed by atoms with Crippen LogP contribution in [0.2, 0.25) is 18.1 Å². The number of hydrogen-bond donors (Lipinski definition) is 2. The lowest BCUT2D eigenvalue weighted by molar-refractivity contribution is 0.112. The van der Waals surface area contributed by atoms with Gasteiger partial charge in [0.05, 0.1) is 5.56 Å². The smallest absolute Gasteiger partial charge is 0.532 e. The van der Waals surface area contributed by atoms with Crippen molar-refractivity contribution in [3.8, 4) is 11.5 Å². The standard InChI is InChI=1S/C16H24BBrO3Si.C7H5BrO2.C6H14/c1-16(2,3)22(4,5)20-9-8-13-10-12-11-14(18)6-7-15(12)21-17(13)19;8-6-1-2-7(10)5(3-6)4-9;1-4-5-6(2)3/h6-7,10-11,19H,8-9H2,1-5H3;1-4,10H;6H,4-5H2,1-3H3. The molecule has 0 aromatic heterocycles. The molecule has 0 saturated carbocycles. The molecule has 0 spiro atoms. The van der Waals surface area contributed by atoms with Crippen LogP contribution in [0.25, 0.3) is 6.08 Å². The van der Waals surface area contributed by atoms with Crippen LogP contribution >= 0.6 is 31.9 Å². The van der Waals surface area contributed by atoms with E-state index in [1.807, 2.05) is 24.3 Å². The summed E-state index contributed by atoms with van der Waals surface area (Å²) in [5.74, 6) is 1.62. The molecule has 0 saturated heterocycles. The summed E-state index contributed by atoms with van der Waals surface area (Å²) in [6.07, 6.45) is 6.00. The van der Waals surface area contributed by atoms with Crippen molar-refractivity contribution in [1.82, 2.24) is 0 Å². The first-order valence-electron chi connectivity index (χ1n) is 13.0. The largest absolute Gasteiger partial charge is 0.555 e. The summed E-state index contributed by atoms with van der Waals surface area (Å²) in [6, 6.07) is 10.5. The second-order valence-corrected chi connectivity index (χ2v) is 17.9. The Hall–Kier alpha value is -1.39. The van der Waals surface area contributed by atoms with E-state index in [1.165, 1.54) is 18.9 Å². The Kier molecular flexibility index (Phi) is 14.6. The lowest BCUT2D eigenvalue weighted by Gasteiger charge is -2.36. The summed E-state index contributed by atoms with van der Waals surface area (Å²) in [5, 5.41) is 19.3. The maximum Gasteiger partial charge on any atom is 0.555 e. The Morgan fingerprint density at radius 1 is 1.11 bits per heavy atom. The molecule has 38 heavy (non-hydrogen) atoms. The van der Waals surface area contributed by atoms with Crippen molar-refractivity contribution in [2.24, 2.45) is 5.92 Å². The number of hydrogen-bond acceptors (Lipinski definition) is 5. The van der Waals surface area contributed by atoms with E-state index in [-0.39, 0.29) is 10.8 Å². The fourth-order valence-corrected chi connectivity index (χ4v) is 5.04. The summed E-state index contributed by atoms with van der Waals surface area (Å²) in [5.41, 5.74) is 2.15. The molecule has 2 aromatic carbocycles. The normalized spacial score (nSPS) is 12.8. The Balaban J connectivity index is 0.000000371. The molecule has 0 bridgehead atoms. The van der Waals surface area contributed by atoms with Crippen LogP contribution in [0.4, 0.5) is 0 Å². The van der Waals surface area contributed by atoms with Crippen LogP contribution in [0.5, 0.6) is 11.5 Å². The zero-order chi connectivity index (χ0) is 29.1. The first-order chi connectivity index (χ1) is 17.6. The lowest BCUT2D eigenvalue weighted by atomic mass is 9.74. The average molecular weight is 670 g/mol. The minimum Gasteiger partial charge on any atom is -0.532 e. The van der Waals surface area contributed by atoms with Crippen LogP contribution in [-0.2, 0) is 4.43 Å². The van der Waals surface area contributed by atoms with Gasteiger partial charge in [-0.25, -0.2) is 0 Å². The molecule has 2 N–H and O–H groups in total. The van der Waals surface area contributed by atoms with Crippen molar-refractivity contribution in [2.45, 2.75) is 78.9 Å². The molecule has 9 heteroatoms. The van der Waals surface area contributed by atoms with Gasteiger partial charge in [0, 0.05) is 21.1 Å². The third-order valence-electron chi connectivity index (χ3n) is 6.51. The molecule has 2 aromatic rings. The molecular weight excluding hydrogens is 627 g/mol. The number of aromatic hydroxyl groups is 1. The number of rotatable bonds is 7. The van der Waals surface area contributed by atoms with Gasteiger partial charge in [0.25, 0.3) is 0 Å². The number of carbonyl (C=O) groups is 1. The molecule has 0 fully saturated rings. The van der Waals surface area contributed by atoms with Gasteiger partial charge in [-0.15, -0.1) is 0 Å². The lowest BCUT2D eigenvalue weighted by Crippen LogP contribution is -2.41. The SMILES string of the molecule is CC(C)(C)[Si](C)(C)OCCC1=Cc2cc(Br)ccc2OB1O.CCCC(C)C.O=Cc1cc(Br)ccc1O. The number of halogens is 2. The minimum absolute atomic E-state index is 0.0122. The van der Waals surface area contributed by atoms with E-state index >= 15 is 0 Å². The van der Waals surface area contributed by atoms with Gasteiger partial charge in [0.15, 0.2) is 14.6 Å². The van der Waals surface area contributed by atoms with Gasteiger partial charge in [-0.3, -0.25) is 4.79 Å². The fourth-order valence-electron chi connectivity index (χ4n) is 3.24. The molecule has 1 aliphatic heterocycles. The topological polar surface area (TPSA) is 76.0 Å². The number of phenols is 1. The number of carbonyl (C=O) groups excluding carboxylic acids is 1. The molecule has 0 amide bonds. The van der Waals surface area contributed by atoms with Crippen molar-refractivity contribution < 1.29 is 24.0 Å². The molecule has 0 atom stereocenters. The van der Waals surface area contributed by atoms with Crippen molar-refractivity contribution in [3.63, 3.8) is 0 Å². The quantitative estimate of drug-likeness (QED) is 0.227. The highest BCUT2D eigenvalue weighted by atomic mass is 79.9. The molecule has 0 aliphatic carbocycles. The van der Waals surface area contributed by atoms with E-state index in [9.17, 15) is 9.82 Å². The van der Waals surface area contributed by atoms with E-state index in [0.717, 1.165) is 25.9 Å². The zero-order valence-corrected chi connectivity index (χ0v) is 28.1. The van der Waals surface area contributed by atoms with Crippen LogP contribution in [0, 0.1) is 5.92 Å². The van der Waals surface area contributed by atoms with Crippen LogP contribution in [0.1, 0.15) is 76.7 Å². The van der Waals surface area contributed by atoms with Gasteiger partial charge >= 0.3 is 7.12 Å². The number of benzene rings is 2. The van der Waals surface area contributed by atoms with Crippen molar-refractivity contribution in [2.75, 3.05) is 6.61 Å². The number of phenolic OH excluding ortho intramolecular Hbond substituents is 1. The Labute approximate surface area is 247 Å². The molecule has 210 valence electrons. The van der Waals surface area contributed by atoms with Crippen molar-refractivity contribution in [3.05, 3.63) is 61.9 Å². The Morgan fingerprint density at radius 3 is 2.21 bits per heavy atom. The van der Waals surface area contributed by atoms with E-state index in [1.54, 1.807) is 12.1 Å². The first-order valence-corrected chi connectivity index (χ1v) is 17.5. The third kappa shape index (κ3) is 11.8. The monoisotopic (exact) mass is 668 g/mol. The van der Waals surface area contributed by atoms with Crippen LogP contribution in [-0.4, -0.2) is 38.5 Å². The van der Waals surface area contributed by atoms with Gasteiger partial charge < -0.3 is 19.2 Å². The van der Waals surface area contributed by atoms with Gasteiger partial charge in [-0.1, -0.05) is 92.3 Å². The molecule has 1 heterocycles. The molecule has 1 aliphatic rings. The van der Waals surface area contributed by atoms with E-state index < -0.39 is 15.4 Å². The predicted octanol–water partition coefficient (Wildman–Crippen LogP) is 9.07. The maximum atomic E-state index is 10.2.